The van der Waals surface area contributed by atoms with Crippen molar-refractivity contribution in [3.8, 4) is 0 Å². The van der Waals surface area contributed by atoms with Crippen molar-refractivity contribution >= 4 is 24.1 Å². The highest BCUT2D eigenvalue weighted by molar-refractivity contribution is 7.94. The van der Waals surface area contributed by atoms with E-state index in [1.807, 2.05) is 12.5 Å². The molecule has 0 aliphatic rings. The van der Waals surface area contributed by atoms with E-state index in [1.165, 1.54) is 30.5 Å². The first kappa shape index (κ1) is 11.6. The summed E-state index contributed by atoms with van der Waals surface area (Å²) in [5.74, 6) is 0. The largest absolute Gasteiger partial charge is 0.316 e. The number of rotatable bonds is 8. The number of unbranched alkanes of at least 4 members (excludes halogenated alkanes) is 2. The fraction of sp³-hybridized carbons (Fsp3) is 1.00. The van der Waals surface area contributed by atoms with Crippen LogP contribution in [0.25, 0.3) is 0 Å². The Balaban J connectivity index is 2.69. The third-order valence-electron chi connectivity index (χ3n) is 1.19. The van der Waals surface area contributed by atoms with Gasteiger partial charge in [0.2, 0.25) is 0 Å². The van der Waals surface area contributed by atoms with Crippen molar-refractivity contribution < 1.29 is 8.37 Å². The van der Waals surface area contributed by atoms with Gasteiger partial charge in [0, 0.05) is 12.5 Å². The van der Waals surface area contributed by atoms with Crippen LogP contribution in [0.3, 0.4) is 0 Å². The molecule has 0 unspecified atom stereocenters. The van der Waals surface area contributed by atoms with E-state index < -0.39 is 0 Å². The Kier molecular flexibility index (Phi) is 11.2. The summed E-state index contributed by atoms with van der Waals surface area (Å²) >= 11 is 2.87. The fourth-order valence-electron chi connectivity index (χ4n) is 0.665. The molecule has 0 bridgehead atoms. The number of hydrogen-bond donors (Lipinski definition) is 0. The highest BCUT2D eigenvalue weighted by Crippen LogP contribution is 2.03. The molecule has 4 heteroatoms. The first-order valence-electron chi connectivity index (χ1n) is 3.73. The summed E-state index contributed by atoms with van der Waals surface area (Å²) in [6.07, 6.45) is 7.35. The topological polar surface area (TPSA) is 18.5 Å². The predicted octanol–water partition coefficient (Wildman–Crippen LogP) is 2.75. The van der Waals surface area contributed by atoms with Crippen molar-refractivity contribution in [1.82, 2.24) is 0 Å². The van der Waals surface area contributed by atoms with Gasteiger partial charge in [0.25, 0.3) is 0 Å². The van der Waals surface area contributed by atoms with Gasteiger partial charge < -0.3 is 8.37 Å². The standard InChI is InChI=1S/C7H16O2S2/c1-10-8-6-4-3-5-7-9-11-2/h3-7H2,1-2H3. The maximum Gasteiger partial charge on any atom is 0.0613 e. The van der Waals surface area contributed by atoms with Gasteiger partial charge in [-0.1, -0.05) is 0 Å². The molecule has 0 atom stereocenters. The second-order valence-electron chi connectivity index (χ2n) is 2.04. The summed E-state index contributed by atoms with van der Waals surface area (Å²) in [6.45, 7) is 1.72. The summed E-state index contributed by atoms with van der Waals surface area (Å²) in [5.41, 5.74) is 0. The molecule has 0 aliphatic heterocycles. The molecule has 0 N–H and O–H groups in total. The minimum Gasteiger partial charge on any atom is -0.316 e. The van der Waals surface area contributed by atoms with Crippen molar-refractivity contribution in [2.24, 2.45) is 0 Å². The summed E-state index contributed by atoms with van der Waals surface area (Å²) in [5, 5.41) is 0. The molecule has 11 heavy (non-hydrogen) atoms. The SMILES string of the molecule is CSOCCCCCOSC. The van der Waals surface area contributed by atoms with E-state index in [0.29, 0.717) is 0 Å². The maximum absolute atomic E-state index is 5.11. The number of hydrogen-bond acceptors (Lipinski definition) is 4. The van der Waals surface area contributed by atoms with Crippen LogP contribution in [-0.2, 0) is 8.37 Å². The van der Waals surface area contributed by atoms with Crippen LogP contribution in [0, 0.1) is 0 Å². The quantitative estimate of drug-likeness (QED) is 0.439. The highest BCUT2D eigenvalue weighted by atomic mass is 32.2. The molecule has 0 radical (unpaired) electrons. The lowest BCUT2D eigenvalue weighted by atomic mass is 10.2. The zero-order valence-electron chi connectivity index (χ0n) is 7.17. The van der Waals surface area contributed by atoms with Gasteiger partial charge in [-0.2, -0.15) is 0 Å². The summed E-state index contributed by atoms with van der Waals surface area (Å²) in [4.78, 5) is 0. The Labute approximate surface area is 77.8 Å². The predicted molar refractivity (Wildman–Crippen MR) is 52.8 cm³/mol. The lowest BCUT2D eigenvalue weighted by Crippen LogP contribution is -1.90. The van der Waals surface area contributed by atoms with Crippen LogP contribution in [0.2, 0.25) is 0 Å². The zero-order valence-corrected chi connectivity index (χ0v) is 8.80. The van der Waals surface area contributed by atoms with Crippen molar-refractivity contribution in [3.63, 3.8) is 0 Å². The first-order chi connectivity index (χ1) is 5.41. The summed E-state index contributed by atoms with van der Waals surface area (Å²) < 4.78 is 10.2. The van der Waals surface area contributed by atoms with E-state index in [-0.39, 0.29) is 0 Å². The molecule has 0 spiro atoms. The van der Waals surface area contributed by atoms with Gasteiger partial charge in [-0.15, -0.1) is 0 Å². The average Bonchev–Trinajstić information content (AvgIpc) is 2.03. The van der Waals surface area contributed by atoms with E-state index in [0.717, 1.165) is 26.1 Å². The lowest BCUT2D eigenvalue weighted by Gasteiger charge is -1.99. The van der Waals surface area contributed by atoms with Crippen LogP contribution >= 0.6 is 24.1 Å². The molecule has 0 rings (SSSR count). The van der Waals surface area contributed by atoms with E-state index in [9.17, 15) is 0 Å². The molecular formula is C7H16O2S2. The molecule has 0 fully saturated rings. The van der Waals surface area contributed by atoms with Crippen LogP contribution in [-0.4, -0.2) is 25.7 Å². The average molecular weight is 196 g/mol. The Morgan fingerprint density at radius 2 is 1.27 bits per heavy atom. The molecule has 2 nitrogen and oxygen atoms in total. The molecule has 0 aromatic heterocycles. The molecule has 0 saturated carbocycles. The van der Waals surface area contributed by atoms with Crippen LogP contribution in [0.15, 0.2) is 0 Å². The zero-order chi connectivity index (χ0) is 8.36. The van der Waals surface area contributed by atoms with Gasteiger partial charge in [-0.25, -0.2) is 0 Å². The third-order valence-corrected chi connectivity index (χ3v) is 2.00. The molecule has 0 amide bonds. The van der Waals surface area contributed by atoms with Crippen LogP contribution < -0.4 is 0 Å². The Bertz CT molecular complexity index is 63.5. The monoisotopic (exact) mass is 196 g/mol. The lowest BCUT2D eigenvalue weighted by molar-refractivity contribution is 0.327. The van der Waals surface area contributed by atoms with Gasteiger partial charge in [0.15, 0.2) is 0 Å². The first-order valence-corrected chi connectivity index (χ1v) is 6.03. The van der Waals surface area contributed by atoms with Gasteiger partial charge >= 0.3 is 0 Å². The fourth-order valence-corrected chi connectivity index (χ4v) is 1.23. The Morgan fingerprint density at radius 1 is 0.818 bits per heavy atom. The molecule has 0 heterocycles. The van der Waals surface area contributed by atoms with E-state index in [1.54, 1.807) is 0 Å². The molecule has 0 aromatic carbocycles. The van der Waals surface area contributed by atoms with Crippen molar-refractivity contribution in [2.75, 3.05) is 25.7 Å². The van der Waals surface area contributed by atoms with Gasteiger partial charge in [-0.3, -0.25) is 0 Å². The van der Waals surface area contributed by atoms with E-state index >= 15 is 0 Å². The molecule has 68 valence electrons. The highest BCUT2D eigenvalue weighted by Gasteiger charge is 1.89. The van der Waals surface area contributed by atoms with Crippen molar-refractivity contribution in [3.05, 3.63) is 0 Å². The Morgan fingerprint density at radius 3 is 1.64 bits per heavy atom. The van der Waals surface area contributed by atoms with Crippen LogP contribution in [0.5, 0.6) is 0 Å². The second kappa shape index (κ2) is 10.6. The second-order valence-corrected chi connectivity index (χ2v) is 3.18. The molecule has 0 aromatic rings. The minimum absolute atomic E-state index is 0.862. The van der Waals surface area contributed by atoms with Gasteiger partial charge in [-0.05, 0) is 43.3 Å². The van der Waals surface area contributed by atoms with Crippen molar-refractivity contribution in [1.29, 1.82) is 0 Å². The van der Waals surface area contributed by atoms with E-state index in [2.05, 4.69) is 0 Å². The summed E-state index contributed by atoms with van der Waals surface area (Å²) in [7, 11) is 0. The van der Waals surface area contributed by atoms with Crippen molar-refractivity contribution in [2.45, 2.75) is 19.3 Å². The van der Waals surface area contributed by atoms with Crippen LogP contribution in [0.1, 0.15) is 19.3 Å². The summed E-state index contributed by atoms with van der Waals surface area (Å²) in [6, 6.07) is 0. The Hall–Kier alpha value is 0.620. The smallest absolute Gasteiger partial charge is 0.0613 e. The normalized spacial score (nSPS) is 10.4. The van der Waals surface area contributed by atoms with Crippen LogP contribution in [0.4, 0.5) is 0 Å². The van der Waals surface area contributed by atoms with Gasteiger partial charge in [0.1, 0.15) is 0 Å². The molecule has 0 saturated heterocycles. The minimum atomic E-state index is 0.862. The molecular weight excluding hydrogens is 180 g/mol. The van der Waals surface area contributed by atoms with E-state index in [4.69, 9.17) is 8.37 Å². The third kappa shape index (κ3) is 10.6. The van der Waals surface area contributed by atoms with Gasteiger partial charge in [0.05, 0.1) is 13.2 Å². The maximum atomic E-state index is 5.11. The molecule has 0 aliphatic carbocycles.